The van der Waals surface area contributed by atoms with Crippen molar-refractivity contribution < 1.29 is 9.53 Å². The minimum Gasteiger partial charge on any atom is -0.456 e. The molecule has 0 atom stereocenters. The number of aromatic nitrogens is 1. The van der Waals surface area contributed by atoms with Crippen molar-refractivity contribution in [1.82, 2.24) is 4.98 Å². The van der Waals surface area contributed by atoms with Gasteiger partial charge in [-0.05, 0) is 62.2 Å². The summed E-state index contributed by atoms with van der Waals surface area (Å²) in [7, 11) is 0. The van der Waals surface area contributed by atoms with Crippen molar-refractivity contribution in [2.45, 2.75) is 33.3 Å². The number of aryl methyl sites for hydroxylation is 1. The Bertz CT molecular complexity index is 1160. The minimum absolute atomic E-state index is 0.297. The molecule has 1 aromatic heterocycles. The fourth-order valence-electron chi connectivity index (χ4n) is 3.59. The lowest BCUT2D eigenvalue weighted by Gasteiger charge is -2.20. The van der Waals surface area contributed by atoms with Crippen molar-refractivity contribution in [3.05, 3.63) is 71.9 Å². The summed E-state index contributed by atoms with van der Waals surface area (Å²) in [4.78, 5) is 16.3. The van der Waals surface area contributed by atoms with Crippen molar-refractivity contribution in [2.24, 2.45) is 0 Å². The molecule has 1 heterocycles. The summed E-state index contributed by atoms with van der Waals surface area (Å²) in [6.45, 7) is 7.70. The van der Waals surface area contributed by atoms with Crippen molar-refractivity contribution in [1.29, 1.82) is 0 Å². The minimum atomic E-state index is -0.534. The molecule has 0 saturated heterocycles. The summed E-state index contributed by atoms with van der Waals surface area (Å²) in [5.74, 6) is -0.297. The maximum Gasteiger partial charge on any atom is 0.339 e. The van der Waals surface area contributed by atoms with Gasteiger partial charge in [0, 0.05) is 22.2 Å². The molecule has 0 bridgehead atoms. The molecule has 3 nitrogen and oxygen atoms in total. The number of H-pyrrole nitrogens is 1. The zero-order valence-electron chi connectivity index (χ0n) is 16.1. The van der Waals surface area contributed by atoms with Crippen LogP contribution in [0.5, 0.6) is 0 Å². The molecular formula is C24H23NO2. The van der Waals surface area contributed by atoms with Gasteiger partial charge in [0.1, 0.15) is 5.60 Å². The number of rotatable bonds is 2. The number of carbonyl (C=O) groups is 1. The van der Waals surface area contributed by atoms with E-state index >= 15 is 0 Å². The molecule has 0 amide bonds. The lowest BCUT2D eigenvalue weighted by molar-refractivity contribution is 0.00719. The van der Waals surface area contributed by atoms with Gasteiger partial charge in [-0.15, -0.1) is 0 Å². The van der Waals surface area contributed by atoms with Gasteiger partial charge in [-0.25, -0.2) is 4.79 Å². The van der Waals surface area contributed by atoms with Gasteiger partial charge in [0.2, 0.25) is 0 Å². The van der Waals surface area contributed by atoms with Crippen LogP contribution in [-0.2, 0) is 4.74 Å². The normalized spacial score (nSPS) is 11.9. The number of benzene rings is 3. The van der Waals surface area contributed by atoms with Crippen LogP contribution in [0.15, 0.2) is 60.7 Å². The monoisotopic (exact) mass is 357 g/mol. The predicted molar refractivity (Wildman–Crippen MR) is 111 cm³/mol. The molecule has 0 aliphatic rings. The van der Waals surface area contributed by atoms with Gasteiger partial charge in [-0.1, -0.05) is 42.5 Å². The zero-order chi connectivity index (χ0) is 19.2. The molecule has 0 unspecified atom stereocenters. The number of esters is 1. The molecule has 136 valence electrons. The van der Waals surface area contributed by atoms with Crippen molar-refractivity contribution in [3.8, 4) is 11.1 Å². The average molecular weight is 357 g/mol. The fraction of sp³-hybridized carbons (Fsp3) is 0.208. The molecular weight excluding hydrogens is 334 g/mol. The van der Waals surface area contributed by atoms with Gasteiger partial charge in [-0.2, -0.15) is 0 Å². The first kappa shape index (κ1) is 17.3. The Labute approximate surface area is 159 Å². The lowest BCUT2D eigenvalue weighted by atomic mass is 9.96. The highest BCUT2D eigenvalue weighted by atomic mass is 16.6. The fourth-order valence-corrected chi connectivity index (χ4v) is 3.59. The summed E-state index contributed by atoms with van der Waals surface area (Å²) in [6, 6.07) is 20.4. The number of carbonyl (C=O) groups excluding carboxylic acids is 1. The number of hydrogen-bond acceptors (Lipinski definition) is 2. The molecule has 4 rings (SSSR count). The second-order valence-electron chi connectivity index (χ2n) is 7.92. The molecule has 0 aliphatic carbocycles. The number of fused-ring (bicyclic) bond motifs is 2. The quantitative estimate of drug-likeness (QED) is 0.431. The first-order valence-electron chi connectivity index (χ1n) is 9.17. The Morgan fingerprint density at radius 1 is 0.926 bits per heavy atom. The first-order valence-corrected chi connectivity index (χ1v) is 9.17. The molecule has 3 heteroatoms. The third-order valence-electron chi connectivity index (χ3n) is 4.67. The van der Waals surface area contributed by atoms with Gasteiger partial charge >= 0.3 is 5.97 Å². The maximum absolute atomic E-state index is 12.8. The Hall–Kier alpha value is -3.07. The Morgan fingerprint density at radius 3 is 2.41 bits per heavy atom. The van der Waals surface area contributed by atoms with Crippen LogP contribution < -0.4 is 0 Å². The van der Waals surface area contributed by atoms with E-state index in [4.69, 9.17) is 4.74 Å². The summed E-state index contributed by atoms with van der Waals surface area (Å²) < 4.78 is 5.65. The van der Waals surface area contributed by atoms with E-state index < -0.39 is 5.60 Å². The zero-order valence-corrected chi connectivity index (χ0v) is 16.1. The maximum atomic E-state index is 12.8. The highest BCUT2D eigenvalue weighted by Gasteiger charge is 2.23. The van der Waals surface area contributed by atoms with Gasteiger partial charge in [0.25, 0.3) is 0 Å². The highest BCUT2D eigenvalue weighted by molar-refractivity contribution is 6.11. The Balaban J connectivity index is 1.94. The Kier molecular flexibility index (Phi) is 4.03. The van der Waals surface area contributed by atoms with E-state index in [-0.39, 0.29) is 5.97 Å². The smallest absolute Gasteiger partial charge is 0.339 e. The van der Waals surface area contributed by atoms with Crippen LogP contribution in [-0.4, -0.2) is 16.6 Å². The van der Waals surface area contributed by atoms with Gasteiger partial charge in [-0.3, -0.25) is 0 Å². The van der Waals surface area contributed by atoms with Crippen molar-refractivity contribution in [2.75, 3.05) is 0 Å². The molecule has 1 N–H and O–H groups in total. The van der Waals surface area contributed by atoms with E-state index in [0.29, 0.717) is 5.56 Å². The van der Waals surface area contributed by atoms with Gasteiger partial charge in [0.15, 0.2) is 0 Å². The number of hydrogen-bond donors (Lipinski definition) is 1. The van der Waals surface area contributed by atoms with E-state index in [1.807, 2.05) is 58.0 Å². The topological polar surface area (TPSA) is 42.1 Å². The predicted octanol–water partition coefficient (Wildman–Crippen LogP) is 6.25. The molecule has 27 heavy (non-hydrogen) atoms. The largest absolute Gasteiger partial charge is 0.456 e. The SMILES string of the molecule is Cc1[nH]c2cccc(C(=O)OC(C)(C)C)c2c1-c1ccc2ccccc2c1. The van der Waals surface area contributed by atoms with Crippen LogP contribution in [0.1, 0.15) is 36.8 Å². The molecule has 3 aromatic carbocycles. The number of nitrogens with one attached hydrogen (secondary N) is 1. The van der Waals surface area contributed by atoms with Crippen LogP contribution in [0, 0.1) is 6.92 Å². The van der Waals surface area contributed by atoms with E-state index in [0.717, 1.165) is 27.7 Å². The summed E-state index contributed by atoms with van der Waals surface area (Å²) in [5.41, 5.74) is 4.18. The van der Waals surface area contributed by atoms with Crippen LogP contribution in [0.4, 0.5) is 0 Å². The van der Waals surface area contributed by atoms with Crippen LogP contribution in [0.25, 0.3) is 32.8 Å². The average Bonchev–Trinajstić information content (AvgIpc) is 2.95. The molecule has 4 aromatic rings. The third kappa shape index (κ3) is 3.21. The molecule has 0 saturated carbocycles. The van der Waals surface area contributed by atoms with Crippen LogP contribution in [0.3, 0.4) is 0 Å². The van der Waals surface area contributed by atoms with E-state index in [2.05, 4.69) is 35.3 Å². The van der Waals surface area contributed by atoms with Crippen molar-refractivity contribution in [3.63, 3.8) is 0 Å². The van der Waals surface area contributed by atoms with Crippen LogP contribution in [0.2, 0.25) is 0 Å². The summed E-state index contributed by atoms with van der Waals surface area (Å²) >= 11 is 0. The second-order valence-corrected chi connectivity index (χ2v) is 7.92. The molecule has 0 aliphatic heterocycles. The lowest BCUT2D eigenvalue weighted by Crippen LogP contribution is -2.24. The van der Waals surface area contributed by atoms with E-state index in [1.165, 1.54) is 10.8 Å². The summed E-state index contributed by atoms with van der Waals surface area (Å²) in [5, 5.41) is 3.30. The standard InChI is InChI=1S/C24H23NO2/c1-15-21(18-13-12-16-8-5-6-9-17(16)14-18)22-19(10-7-11-20(22)25-15)23(26)27-24(2,3)4/h5-14,25H,1-4H3. The first-order chi connectivity index (χ1) is 12.8. The number of ether oxygens (including phenoxy) is 1. The second kappa shape index (κ2) is 6.27. The van der Waals surface area contributed by atoms with Gasteiger partial charge < -0.3 is 9.72 Å². The van der Waals surface area contributed by atoms with Crippen LogP contribution >= 0.6 is 0 Å². The third-order valence-corrected chi connectivity index (χ3v) is 4.67. The molecule has 0 fully saturated rings. The van der Waals surface area contributed by atoms with Gasteiger partial charge in [0.05, 0.1) is 5.56 Å². The number of aromatic amines is 1. The Morgan fingerprint density at radius 2 is 1.67 bits per heavy atom. The molecule has 0 spiro atoms. The highest BCUT2D eigenvalue weighted by Crippen LogP contribution is 2.36. The molecule has 0 radical (unpaired) electrons. The summed E-state index contributed by atoms with van der Waals surface area (Å²) in [6.07, 6.45) is 0. The van der Waals surface area contributed by atoms with Crippen molar-refractivity contribution >= 4 is 27.6 Å². The van der Waals surface area contributed by atoms with E-state index in [1.54, 1.807) is 0 Å². The van der Waals surface area contributed by atoms with E-state index in [9.17, 15) is 4.79 Å².